The summed E-state index contributed by atoms with van der Waals surface area (Å²) in [5.41, 5.74) is 3.05. The Hall–Kier alpha value is -1.55. The van der Waals surface area contributed by atoms with Crippen molar-refractivity contribution < 1.29 is 4.79 Å². The summed E-state index contributed by atoms with van der Waals surface area (Å²) in [6.45, 7) is 1.93. The maximum atomic E-state index is 11.2. The summed E-state index contributed by atoms with van der Waals surface area (Å²) >= 11 is 0. The first-order valence-corrected chi connectivity index (χ1v) is 4.60. The fourth-order valence-electron chi connectivity index (χ4n) is 1.19. The summed E-state index contributed by atoms with van der Waals surface area (Å²) in [7, 11) is 0. The summed E-state index contributed by atoms with van der Waals surface area (Å²) in [5.74, 6) is 4.86. The first kappa shape index (κ1) is 10.5. The molecule has 4 heteroatoms. The number of nitrogens with two attached hydrogens (primary N) is 1. The van der Waals surface area contributed by atoms with Crippen molar-refractivity contribution >= 4 is 11.6 Å². The second kappa shape index (κ2) is 5.24. The van der Waals surface area contributed by atoms with Crippen molar-refractivity contribution in [2.75, 3.05) is 5.32 Å². The van der Waals surface area contributed by atoms with Crippen LogP contribution in [0.15, 0.2) is 30.3 Å². The fraction of sp³-hybridized carbons (Fsp3) is 0.300. The van der Waals surface area contributed by atoms with Gasteiger partial charge in [-0.25, -0.2) is 5.84 Å². The molecule has 1 aromatic rings. The number of amides is 1. The SMILES string of the molecule is CCC(Nc1ccccc1)C(=O)NN. The molecule has 0 aliphatic heterocycles. The Morgan fingerprint density at radius 1 is 1.43 bits per heavy atom. The molecular weight excluding hydrogens is 178 g/mol. The predicted octanol–water partition coefficient (Wildman–Crippen LogP) is 0.867. The molecule has 0 aromatic heterocycles. The Labute approximate surface area is 83.5 Å². The van der Waals surface area contributed by atoms with E-state index in [1.165, 1.54) is 0 Å². The van der Waals surface area contributed by atoms with E-state index in [1.807, 2.05) is 37.3 Å². The van der Waals surface area contributed by atoms with Crippen LogP contribution in [0.2, 0.25) is 0 Å². The van der Waals surface area contributed by atoms with Crippen LogP contribution in [0.3, 0.4) is 0 Å². The van der Waals surface area contributed by atoms with Gasteiger partial charge in [0.1, 0.15) is 6.04 Å². The molecule has 4 N–H and O–H groups in total. The maximum absolute atomic E-state index is 11.2. The van der Waals surface area contributed by atoms with Gasteiger partial charge in [-0.15, -0.1) is 0 Å². The molecule has 0 saturated heterocycles. The molecule has 0 radical (unpaired) electrons. The van der Waals surface area contributed by atoms with E-state index in [4.69, 9.17) is 5.84 Å². The average Bonchev–Trinajstić information content (AvgIpc) is 2.26. The van der Waals surface area contributed by atoms with Crippen molar-refractivity contribution in [3.05, 3.63) is 30.3 Å². The van der Waals surface area contributed by atoms with Crippen molar-refractivity contribution in [2.24, 2.45) is 5.84 Å². The normalized spacial score (nSPS) is 11.9. The van der Waals surface area contributed by atoms with Gasteiger partial charge in [0.2, 0.25) is 0 Å². The van der Waals surface area contributed by atoms with Crippen molar-refractivity contribution in [1.82, 2.24) is 5.43 Å². The van der Waals surface area contributed by atoms with Crippen molar-refractivity contribution in [3.8, 4) is 0 Å². The number of carbonyl (C=O) groups is 1. The van der Waals surface area contributed by atoms with Crippen molar-refractivity contribution in [3.63, 3.8) is 0 Å². The van der Waals surface area contributed by atoms with Gasteiger partial charge < -0.3 is 5.32 Å². The van der Waals surface area contributed by atoms with Gasteiger partial charge in [-0.1, -0.05) is 25.1 Å². The third-order valence-corrected chi connectivity index (χ3v) is 1.98. The highest BCUT2D eigenvalue weighted by Gasteiger charge is 2.13. The minimum absolute atomic E-state index is 0.198. The minimum atomic E-state index is -0.276. The number of anilines is 1. The number of hydrogen-bond donors (Lipinski definition) is 3. The van der Waals surface area contributed by atoms with E-state index >= 15 is 0 Å². The Balaban J connectivity index is 2.62. The molecule has 0 fully saturated rings. The molecule has 0 spiro atoms. The molecule has 1 atom stereocenters. The smallest absolute Gasteiger partial charge is 0.256 e. The van der Waals surface area contributed by atoms with Crippen LogP contribution >= 0.6 is 0 Å². The molecule has 0 aliphatic rings. The summed E-state index contributed by atoms with van der Waals surface area (Å²) in [6, 6.07) is 9.29. The van der Waals surface area contributed by atoms with Crippen LogP contribution in [0.25, 0.3) is 0 Å². The van der Waals surface area contributed by atoms with Gasteiger partial charge in [-0.05, 0) is 18.6 Å². The zero-order chi connectivity index (χ0) is 10.4. The van der Waals surface area contributed by atoms with E-state index < -0.39 is 0 Å². The van der Waals surface area contributed by atoms with Gasteiger partial charge in [-0.3, -0.25) is 10.2 Å². The molecule has 14 heavy (non-hydrogen) atoms. The molecule has 0 heterocycles. The van der Waals surface area contributed by atoms with Crippen LogP contribution in [-0.4, -0.2) is 11.9 Å². The lowest BCUT2D eigenvalue weighted by Gasteiger charge is -2.15. The third-order valence-electron chi connectivity index (χ3n) is 1.98. The second-order valence-electron chi connectivity index (χ2n) is 2.98. The number of nitrogens with one attached hydrogen (secondary N) is 2. The average molecular weight is 193 g/mol. The molecule has 0 bridgehead atoms. The number of rotatable bonds is 4. The third kappa shape index (κ3) is 2.74. The maximum Gasteiger partial charge on any atom is 0.256 e. The highest BCUT2D eigenvalue weighted by molar-refractivity contribution is 5.83. The Morgan fingerprint density at radius 3 is 2.57 bits per heavy atom. The Bertz CT molecular complexity index is 287. The highest BCUT2D eigenvalue weighted by atomic mass is 16.2. The standard InChI is InChI=1S/C10H15N3O/c1-2-9(10(14)13-11)12-8-6-4-3-5-7-8/h3-7,9,12H,2,11H2,1H3,(H,13,14). The first-order valence-electron chi connectivity index (χ1n) is 4.60. The largest absolute Gasteiger partial charge is 0.374 e. The molecular formula is C10H15N3O. The van der Waals surface area contributed by atoms with Crippen LogP contribution in [0, 0.1) is 0 Å². The molecule has 0 aliphatic carbocycles. The lowest BCUT2D eigenvalue weighted by molar-refractivity contribution is -0.121. The van der Waals surface area contributed by atoms with Crippen LogP contribution in [-0.2, 0) is 4.79 Å². The van der Waals surface area contributed by atoms with Crippen LogP contribution in [0.4, 0.5) is 5.69 Å². The van der Waals surface area contributed by atoms with E-state index in [0.29, 0.717) is 6.42 Å². The fourth-order valence-corrected chi connectivity index (χ4v) is 1.19. The number of para-hydroxylation sites is 1. The zero-order valence-electron chi connectivity index (χ0n) is 8.16. The monoisotopic (exact) mass is 193 g/mol. The Morgan fingerprint density at radius 2 is 2.07 bits per heavy atom. The molecule has 1 rings (SSSR count). The number of hydrazine groups is 1. The molecule has 76 valence electrons. The lowest BCUT2D eigenvalue weighted by Crippen LogP contribution is -2.42. The van der Waals surface area contributed by atoms with E-state index in [-0.39, 0.29) is 11.9 Å². The number of carbonyl (C=O) groups excluding carboxylic acids is 1. The summed E-state index contributed by atoms with van der Waals surface area (Å²) in [6.07, 6.45) is 0.692. The number of benzene rings is 1. The second-order valence-corrected chi connectivity index (χ2v) is 2.98. The van der Waals surface area contributed by atoms with Crippen LogP contribution in [0.5, 0.6) is 0 Å². The van der Waals surface area contributed by atoms with Gasteiger partial charge >= 0.3 is 0 Å². The lowest BCUT2D eigenvalue weighted by atomic mass is 10.2. The van der Waals surface area contributed by atoms with Crippen LogP contribution < -0.4 is 16.6 Å². The van der Waals surface area contributed by atoms with Crippen LogP contribution in [0.1, 0.15) is 13.3 Å². The Kier molecular flexibility index (Phi) is 3.94. The molecule has 1 unspecified atom stereocenters. The minimum Gasteiger partial charge on any atom is -0.374 e. The van der Waals surface area contributed by atoms with E-state index in [1.54, 1.807) is 0 Å². The summed E-state index contributed by atoms with van der Waals surface area (Å²) in [4.78, 5) is 11.2. The number of hydrogen-bond acceptors (Lipinski definition) is 3. The highest BCUT2D eigenvalue weighted by Crippen LogP contribution is 2.08. The van der Waals surface area contributed by atoms with Crippen molar-refractivity contribution in [2.45, 2.75) is 19.4 Å². The molecule has 4 nitrogen and oxygen atoms in total. The van der Waals surface area contributed by atoms with E-state index in [0.717, 1.165) is 5.69 Å². The summed E-state index contributed by atoms with van der Waals surface area (Å²) in [5, 5.41) is 3.09. The quantitative estimate of drug-likeness (QED) is 0.377. The molecule has 1 amide bonds. The van der Waals surface area contributed by atoms with Gasteiger partial charge in [0.05, 0.1) is 0 Å². The molecule has 0 saturated carbocycles. The van der Waals surface area contributed by atoms with Gasteiger partial charge in [0.15, 0.2) is 0 Å². The first-order chi connectivity index (χ1) is 6.77. The van der Waals surface area contributed by atoms with Crippen molar-refractivity contribution in [1.29, 1.82) is 0 Å². The van der Waals surface area contributed by atoms with Gasteiger partial charge in [0.25, 0.3) is 5.91 Å². The van der Waals surface area contributed by atoms with E-state index in [9.17, 15) is 4.79 Å². The van der Waals surface area contributed by atoms with Gasteiger partial charge in [-0.2, -0.15) is 0 Å². The van der Waals surface area contributed by atoms with Gasteiger partial charge in [0, 0.05) is 5.69 Å². The zero-order valence-corrected chi connectivity index (χ0v) is 8.16. The summed E-state index contributed by atoms with van der Waals surface area (Å²) < 4.78 is 0. The topological polar surface area (TPSA) is 67.2 Å². The van der Waals surface area contributed by atoms with E-state index in [2.05, 4.69) is 10.7 Å². The molecule has 1 aromatic carbocycles. The predicted molar refractivity (Wildman–Crippen MR) is 56.5 cm³/mol.